The van der Waals surface area contributed by atoms with Crippen molar-refractivity contribution in [3.8, 4) is 0 Å². The highest BCUT2D eigenvalue weighted by atomic mass is 32.2. The van der Waals surface area contributed by atoms with Crippen molar-refractivity contribution in [3.63, 3.8) is 0 Å². The lowest BCUT2D eigenvalue weighted by Gasteiger charge is -2.17. The van der Waals surface area contributed by atoms with Crippen LogP contribution in [0.4, 0.5) is 0 Å². The molecule has 0 bridgehead atoms. The van der Waals surface area contributed by atoms with Crippen molar-refractivity contribution in [2.45, 2.75) is 51.4 Å². The SMILES string of the molecule is CC(C)NS(=O)(=O)[C@@H]1CCN(C(=O)c2cn(C(C)C)cn2)C1. The second-order valence-corrected chi connectivity index (χ2v) is 8.27. The molecule has 1 N–H and O–H groups in total. The van der Waals surface area contributed by atoms with Gasteiger partial charge in [-0.05, 0) is 34.1 Å². The van der Waals surface area contributed by atoms with Gasteiger partial charge in [0.05, 0.1) is 11.6 Å². The molecule has 1 aromatic rings. The van der Waals surface area contributed by atoms with Crippen LogP contribution < -0.4 is 4.72 Å². The summed E-state index contributed by atoms with van der Waals surface area (Å²) in [5.41, 5.74) is 0.364. The van der Waals surface area contributed by atoms with Crippen LogP contribution in [-0.4, -0.2) is 53.2 Å². The first-order valence-electron chi connectivity index (χ1n) is 7.54. The third-order valence-corrected chi connectivity index (χ3v) is 5.75. The fourth-order valence-electron chi connectivity index (χ4n) is 2.48. The molecule has 1 saturated heterocycles. The minimum Gasteiger partial charge on any atom is -0.336 e. The average Bonchev–Trinajstić information content (AvgIpc) is 3.06. The van der Waals surface area contributed by atoms with E-state index in [-0.39, 0.29) is 24.5 Å². The van der Waals surface area contributed by atoms with E-state index >= 15 is 0 Å². The average molecular weight is 328 g/mol. The summed E-state index contributed by atoms with van der Waals surface area (Å²) < 4.78 is 28.8. The number of nitrogens with one attached hydrogen (secondary N) is 1. The first kappa shape index (κ1) is 17.0. The molecule has 7 nitrogen and oxygen atoms in total. The third-order valence-electron chi connectivity index (χ3n) is 3.69. The van der Waals surface area contributed by atoms with Gasteiger partial charge < -0.3 is 9.47 Å². The maximum absolute atomic E-state index is 12.4. The highest BCUT2D eigenvalue weighted by Gasteiger charge is 2.36. The Balaban J connectivity index is 2.04. The lowest BCUT2D eigenvalue weighted by atomic mass is 10.3. The molecule has 2 rings (SSSR count). The summed E-state index contributed by atoms with van der Waals surface area (Å²) in [6, 6.07) is 0.0903. The predicted molar refractivity (Wildman–Crippen MR) is 84.1 cm³/mol. The molecule has 0 unspecified atom stereocenters. The van der Waals surface area contributed by atoms with Crippen molar-refractivity contribution in [2.24, 2.45) is 0 Å². The highest BCUT2D eigenvalue weighted by molar-refractivity contribution is 7.90. The molecule has 0 spiro atoms. The molecule has 0 saturated carbocycles. The van der Waals surface area contributed by atoms with Gasteiger partial charge in [-0.3, -0.25) is 4.79 Å². The molecule has 1 aromatic heterocycles. The van der Waals surface area contributed by atoms with Crippen molar-refractivity contribution in [1.82, 2.24) is 19.2 Å². The summed E-state index contributed by atoms with van der Waals surface area (Å²) in [6.07, 6.45) is 3.79. The Morgan fingerprint density at radius 3 is 2.59 bits per heavy atom. The van der Waals surface area contributed by atoms with Crippen molar-refractivity contribution in [1.29, 1.82) is 0 Å². The topological polar surface area (TPSA) is 84.3 Å². The lowest BCUT2D eigenvalue weighted by molar-refractivity contribution is 0.0788. The van der Waals surface area contributed by atoms with Crippen LogP contribution in [-0.2, 0) is 10.0 Å². The maximum atomic E-state index is 12.4. The molecule has 1 amide bonds. The van der Waals surface area contributed by atoms with E-state index in [0.717, 1.165) is 0 Å². The number of hydrogen-bond donors (Lipinski definition) is 1. The van der Waals surface area contributed by atoms with E-state index in [1.165, 1.54) is 0 Å². The predicted octanol–water partition coefficient (Wildman–Crippen LogP) is 1.01. The van der Waals surface area contributed by atoms with Gasteiger partial charge in [-0.15, -0.1) is 0 Å². The molecule has 8 heteroatoms. The maximum Gasteiger partial charge on any atom is 0.274 e. The zero-order valence-electron chi connectivity index (χ0n) is 13.5. The smallest absolute Gasteiger partial charge is 0.274 e. The van der Waals surface area contributed by atoms with Gasteiger partial charge in [0.2, 0.25) is 10.0 Å². The number of imidazole rings is 1. The van der Waals surface area contributed by atoms with Gasteiger partial charge in [0, 0.05) is 31.4 Å². The number of hydrogen-bond acceptors (Lipinski definition) is 4. The summed E-state index contributed by atoms with van der Waals surface area (Å²) in [5, 5.41) is -0.550. The van der Waals surface area contributed by atoms with Crippen LogP contribution in [0.5, 0.6) is 0 Å². The second kappa shape index (κ2) is 6.37. The first-order chi connectivity index (χ1) is 10.2. The summed E-state index contributed by atoms with van der Waals surface area (Å²) >= 11 is 0. The standard InChI is InChI=1S/C14H24N4O3S/c1-10(2)16-22(20,21)12-5-6-17(7-12)14(19)13-8-18(9-15-13)11(3)4/h8-12,16H,5-7H2,1-4H3/t12-/m1/s1. The molecule has 1 atom stereocenters. The molecule has 0 radical (unpaired) electrons. The molecule has 1 aliphatic rings. The van der Waals surface area contributed by atoms with Gasteiger partial charge in [-0.25, -0.2) is 18.1 Å². The number of carbonyl (C=O) groups is 1. The Labute approximate surface area is 131 Å². The molecule has 0 aromatic carbocycles. The van der Waals surface area contributed by atoms with Gasteiger partial charge in [0.1, 0.15) is 5.69 Å². The number of likely N-dealkylation sites (tertiary alicyclic amines) is 1. The van der Waals surface area contributed by atoms with E-state index in [9.17, 15) is 13.2 Å². The fourth-order valence-corrected chi connectivity index (χ4v) is 4.12. The Hall–Kier alpha value is -1.41. The van der Waals surface area contributed by atoms with Gasteiger partial charge in [-0.1, -0.05) is 0 Å². The van der Waals surface area contributed by atoms with Crippen molar-refractivity contribution in [2.75, 3.05) is 13.1 Å². The van der Waals surface area contributed by atoms with E-state index in [4.69, 9.17) is 0 Å². The Bertz CT molecular complexity index is 636. The summed E-state index contributed by atoms with van der Waals surface area (Å²) in [6.45, 7) is 8.24. The minimum atomic E-state index is -3.39. The summed E-state index contributed by atoms with van der Waals surface area (Å²) in [4.78, 5) is 18.1. The number of nitrogens with zero attached hydrogens (tertiary/aromatic N) is 3. The van der Waals surface area contributed by atoms with Gasteiger partial charge in [0.25, 0.3) is 5.91 Å². The van der Waals surface area contributed by atoms with Crippen LogP contribution in [0, 0.1) is 0 Å². The normalized spacial score (nSPS) is 19.4. The number of carbonyl (C=O) groups excluding carboxylic acids is 1. The van der Waals surface area contributed by atoms with Crippen LogP contribution >= 0.6 is 0 Å². The van der Waals surface area contributed by atoms with Crippen LogP contribution in [0.3, 0.4) is 0 Å². The number of aromatic nitrogens is 2. The van der Waals surface area contributed by atoms with E-state index in [1.807, 2.05) is 18.4 Å². The fraction of sp³-hybridized carbons (Fsp3) is 0.714. The number of rotatable bonds is 5. The zero-order valence-corrected chi connectivity index (χ0v) is 14.3. The molecule has 1 fully saturated rings. The van der Waals surface area contributed by atoms with Crippen molar-refractivity contribution >= 4 is 15.9 Å². The van der Waals surface area contributed by atoms with Crippen molar-refractivity contribution in [3.05, 3.63) is 18.2 Å². The molecule has 1 aliphatic heterocycles. The van der Waals surface area contributed by atoms with Gasteiger partial charge in [-0.2, -0.15) is 0 Å². The Kier molecular flexibility index (Phi) is 4.91. The van der Waals surface area contributed by atoms with E-state index in [1.54, 1.807) is 31.3 Å². The van der Waals surface area contributed by atoms with E-state index < -0.39 is 15.3 Å². The molecular weight excluding hydrogens is 304 g/mol. The van der Waals surface area contributed by atoms with Crippen molar-refractivity contribution < 1.29 is 13.2 Å². The molecule has 2 heterocycles. The van der Waals surface area contributed by atoms with Crippen LogP contribution in [0.25, 0.3) is 0 Å². The number of amides is 1. The minimum absolute atomic E-state index is 0.142. The van der Waals surface area contributed by atoms with Crippen LogP contribution in [0.2, 0.25) is 0 Å². The first-order valence-corrected chi connectivity index (χ1v) is 9.09. The summed E-state index contributed by atoms with van der Waals surface area (Å²) in [7, 11) is -3.39. The molecule has 0 aliphatic carbocycles. The number of sulfonamides is 1. The lowest BCUT2D eigenvalue weighted by Crippen LogP contribution is -2.40. The van der Waals surface area contributed by atoms with Crippen LogP contribution in [0.15, 0.2) is 12.5 Å². The molecular formula is C14H24N4O3S. The molecule has 22 heavy (non-hydrogen) atoms. The Morgan fingerprint density at radius 2 is 2.05 bits per heavy atom. The Morgan fingerprint density at radius 1 is 1.36 bits per heavy atom. The van der Waals surface area contributed by atoms with Gasteiger partial charge >= 0.3 is 0 Å². The second-order valence-electron chi connectivity index (χ2n) is 6.28. The quantitative estimate of drug-likeness (QED) is 0.874. The summed E-state index contributed by atoms with van der Waals surface area (Å²) in [5.74, 6) is -0.207. The largest absolute Gasteiger partial charge is 0.336 e. The van der Waals surface area contributed by atoms with E-state index in [2.05, 4.69) is 9.71 Å². The monoisotopic (exact) mass is 328 g/mol. The molecule has 124 valence electrons. The third kappa shape index (κ3) is 3.67. The van der Waals surface area contributed by atoms with E-state index in [0.29, 0.717) is 18.7 Å². The zero-order chi connectivity index (χ0) is 16.5. The van der Waals surface area contributed by atoms with Crippen LogP contribution in [0.1, 0.15) is 50.6 Å². The van der Waals surface area contributed by atoms with Gasteiger partial charge in [0.15, 0.2) is 0 Å². The highest BCUT2D eigenvalue weighted by Crippen LogP contribution is 2.19.